The van der Waals surface area contributed by atoms with Gasteiger partial charge < -0.3 is 10.1 Å². The number of hydrogen-bond donors (Lipinski definition) is 1. The number of hydrogen-bond acceptors (Lipinski definition) is 5. The Morgan fingerprint density at radius 1 is 1.17 bits per heavy atom. The van der Waals surface area contributed by atoms with Crippen LogP contribution in [0.1, 0.15) is 23.0 Å². The number of aromatic nitrogens is 2. The summed E-state index contributed by atoms with van der Waals surface area (Å²) in [4.78, 5) is 29.5. The summed E-state index contributed by atoms with van der Waals surface area (Å²) in [5.41, 5.74) is 3.81. The van der Waals surface area contributed by atoms with E-state index in [9.17, 15) is 9.59 Å². The van der Waals surface area contributed by atoms with Crippen LogP contribution in [0.15, 0.2) is 60.1 Å². The maximum Gasteiger partial charge on any atom is 0.230 e. The van der Waals surface area contributed by atoms with E-state index in [0.717, 1.165) is 27.7 Å². The Bertz CT molecular complexity index is 1210. The van der Waals surface area contributed by atoms with Gasteiger partial charge in [-0.1, -0.05) is 24.3 Å². The van der Waals surface area contributed by atoms with E-state index < -0.39 is 0 Å². The molecule has 6 nitrogen and oxygen atoms in total. The van der Waals surface area contributed by atoms with Gasteiger partial charge in [0.25, 0.3) is 0 Å². The highest BCUT2D eigenvalue weighted by Gasteiger charge is 2.13. The lowest BCUT2D eigenvalue weighted by molar-refractivity contribution is -0.115. The Morgan fingerprint density at radius 3 is 2.79 bits per heavy atom. The molecular formula is C22H19N3O3S. The lowest BCUT2D eigenvalue weighted by atomic mass is 10.1. The molecule has 7 heteroatoms. The molecule has 0 atom stereocenters. The van der Waals surface area contributed by atoms with Crippen molar-refractivity contribution in [2.24, 2.45) is 0 Å². The minimum atomic E-state index is -0.151. The predicted octanol–water partition coefficient (Wildman–Crippen LogP) is 4.46. The van der Waals surface area contributed by atoms with Gasteiger partial charge in [-0.3, -0.25) is 14.0 Å². The number of thiazole rings is 1. The highest BCUT2D eigenvalue weighted by atomic mass is 32.1. The van der Waals surface area contributed by atoms with Gasteiger partial charge in [-0.25, -0.2) is 4.98 Å². The third kappa shape index (κ3) is 4.05. The molecule has 0 saturated carbocycles. The zero-order chi connectivity index (χ0) is 20.4. The molecule has 1 amide bonds. The number of ether oxygens (including phenoxy) is 1. The Balaban J connectivity index is 1.54. The number of imidazole rings is 1. The summed E-state index contributed by atoms with van der Waals surface area (Å²) in [5, 5.41) is 4.79. The van der Waals surface area contributed by atoms with Crippen LogP contribution in [0.4, 0.5) is 5.69 Å². The van der Waals surface area contributed by atoms with Gasteiger partial charge in [-0.15, -0.1) is 11.3 Å². The second-order valence-electron chi connectivity index (χ2n) is 6.60. The maximum absolute atomic E-state index is 12.5. The summed E-state index contributed by atoms with van der Waals surface area (Å²) < 4.78 is 7.22. The molecule has 0 bridgehead atoms. The van der Waals surface area contributed by atoms with Gasteiger partial charge in [-0.2, -0.15) is 0 Å². The zero-order valence-electron chi connectivity index (χ0n) is 16.0. The Morgan fingerprint density at radius 2 is 2.00 bits per heavy atom. The average molecular weight is 405 g/mol. The number of anilines is 1. The molecule has 0 radical (unpaired) electrons. The lowest BCUT2D eigenvalue weighted by Gasteiger charge is -2.06. The van der Waals surface area contributed by atoms with E-state index in [-0.39, 0.29) is 18.1 Å². The summed E-state index contributed by atoms with van der Waals surface area (Å²) in [5.74, 6) is 0.581. The third-order valence-corrected chi connectivity index (χ3v) is 5.43. The first kappa shape index (κ1) is 18.9. The molecule has 4 rings (SSSR count). The van der Waals surface area contributed by atoms with Crippen molar-refractivity contribution in [3.8, 4) is 17.0 Å². The fraction of sp³-hybridized carbons (Fsp3) is 0.136. The molecule has 4 aromatic rings. The summed E-state index contributed by atoms with van der Waals surface area (Å²) in [6.45, 7) is 1.50. The van der Waals surface area contributed by atoms with Crippen molar-refractivity contribution >= 4 is 33.7 Å². The molecule has 2 aromatic carbocycles. The van der Waals surface area contributed by atoms with Crippen LogP contribution in [0.25, 0.3) is 16.2 Å². The fourth-order valence-electron chi connectivity index (χ4n) is 3.06. The molecule has 0 unspecified atom stereocenters. The van der Waals surface area contributed by atoms with Gasteiger partial charge >= 0.3 is 0 Å². The number of rotatable bonds is 6. The van der Waals surface area contributed by atoms with Crippen LogP contribution < -0.4 is 10.1 Å². The normalized spacial score (nSPS) is 10.8. The standard InChI is InChI=1S/C22H19N3O3S/c1-14(26)15-5-3-7-17(9-15)23-21(27)11-18-13-29-22-24-20(12-25(18)22)16-6-4-8-19(10-16)28-2/h3-10,12-13H,11H2,1-2H3,(H,23,27). The molecule has 1 N–H and O–H groups in total. The van der Waals surface area contributed by atoms with Crippen molar-refractivity contribution < 1.29 is 14.3 Å². The summed E-state index contributed by atoms with van der Waals surface area (Å²) in [7, 11) is 1.63. The first-order valence-corrected chi connectivity index (χ1v) is 9.92. The van der Waals surface area contributed by atoms with E-state index in [2.05, 4.69) is 10.3 Å². The molecule has 0 aliphatic carbocycles. The summed E-state index contributed by atoms with van der Waals surface area (Å²) >= 11 is 1.49. The van der Waals surface area contributed by atoms with Crippen molar-refractivity contribution in [2.75, 3.05) is 12.4 Å². The molecule has 29 heavy (non-hydrogen) atoms. The Labute approximate surface area is 171 Å². The van der Waals surface area contributed by atoms with E-state index in [1.807, 2.05) is 40.2 Å². The lowest BCUT2D eigenvalue weighted by Crippen LogP contribution is -2.15. The molecule has 0 saturated heterocycles. The first-order valence-electron chi connectivity index (χ1n) is 9.04. The number of ketones is 1. The Hall–Kier alpha value is -3.45. The van der Waals surface area contributed by atoms with Crippen LogP contribution in [-0.2, 0) is 11.2 Å². The van der Waals surface area contributed by atoms with Crippen LogP contribution in [0.5, 0.6) is 5.75 Å². The molecule has 2 heterocycles. The number of carbonyl (C=O) groups excluding carboxylic acids is 2. The zero-order valence-corrected chi connectivity index (χ0v) is 16.8. The second kappa shape index (κ2) is 7.89. The van der Waals surface area contributed by atoms with Crippen LogP contribution in [-0.4, -0.2) is 28.2 Å². The quantitative estimate of drug-likeness (QED) is 0.481. The number of Topliss-reactive ketones (excluding diaryl/α,β-unsaturated/α-hetero) is 1. The topological polar surface area (TPSA) is 72.7 Å². The fourth-order valence-corrected chi connectivity index (χ4v) is 3.94. The minimum Gasteiger partial charge on any atom is -0.497 e. The van der Waals surface area contributed by atoms with Crippen LogP contribution in [0.3, 0.4) is 0 Å². The first-order chi connectivity index (χ1) is 14.0. The number of amides is 1. The van der Waals surface area contributed by atoms with Crippen LogP contribution in [0.2, 0.25) is 0 Å². The molecule has 146 valence electrons. The maximum atomic E-state index is 12.5. The number of methoxy groups -OCH3 is 1. The van der Waals surface area contributed by atoms with Gasteiger partial charge in [0.2, 0.25) is 5.91 Å². The van der Waals surface area contributed by atoms with E-state index >= 15 is 0 Å². The van der Waals surface area contributed by atoms with E-state index in [0.29, 0.717) is 11.3 Å². The number of carbonyl (C=O) groups is 2. The monoisotopic (exact) mass is 405 g/mol. The molecule has 0 aliphatic heterocycles. The second-order valence-corrected chi connectivity index (χ2v) is 7.44. The largest absolute Gasteiger partial charge is 0.497 e. The SMILES string of the molecule is COc1cccc(-c2cn3c(CC(=O)Nc4cccc(C(C)=O)c4)csc3n2)c1. The van der Waals surface area contributed by atoms with Gasteiger partial charge in [0, 0.05) is 34.1 Å². The number of fused-ring (bicyclic) bond motifs is 1. The molecular weight excluding hydrogens is 386 g/mol. The van der Waals surface area contributed by atoms with Crippen molar-refractivity contribution in [3.05, 3.63) is 71.4 Å². The van der Waals surface area contributed by atoms with Crippen LogP contribution in [0, 0.1) is 0 Å². The van der Waals surface area contributed by atoms with Crippen LogP contribution >= 0.6 is 11.3 Å². The highest BCUT2D eigenvalue weighted by Crippen LogP contribution is 2.26. The van der Waals surface area contributed by atoms with Gasteiger partial charge in [-0.05, 0) is 31.2 Å². The van der Waals surface area contributed by atoms with Crippen molar-refractivity contribution in [1.82, 2.24) is 9.38 Å². The summed E-state index contributed by atoms with van der Waals surface area (Å²) in [6.07, 6.45) is 2.14. The van der Waals surface area contributed by atoms with E-state index in [4.69, 9.17) is 4.74 Å². The smallest absolute Gasteiger partial charge is 0.230 e. The van der Waals surface area contributed by atoms with E-state index in [1.165, 1.54) is 18.3 Å². The Kier molecular flexibility index (Phi) is 5.14. The van der Waals surface area contributed by atoms with Crippen molar-refractivity contribution in [2.45, 2.75) is 13.3 Å². The predicted molar refractivity (Wildman–Crippen MR) is 114 cm³/mol. The molecule has 0 spiro atoms. The highest BCUT2D eigenvalue weighted by molar-refractivity contribution is 7.15. The molecule has 2 aromatic heterocycles. The number of nitrogens with zero attached hydrogens (tertiary/aromatic N) is 2. The van der Waals surface area contributed by atoms with Gasteiger partial charge in [0.05, 0.1) is 19.2 Å². The third-order valence-electron chi connectivity index (χ3n) is 4.54. The van der Waals surface area contributed by atoms with Crippen molar-refractivity contribution in [1.29, 1.82) is 0 Å². The molecule has 0 fully saturated rings. The average Bonchev–Trinajstić information content (AvgIpc) is 3.30. The molecule has 0 aliphatic rings. The van der Waals surface area contributed by atoms with Crippen molar-refractivity contribution in [3.63, 3.8) is 0 Å². The number of nitrogens with one attached hydrogen (secondary N) is 1. The summed E-state index contributed by atoms with van der Waals surface area (Å²) in [6, 6.07) is 14.7. The number of benzene rings is 2. The van der Waals surface area contributed by atoms with Gasteiger partial charge in [0.1, 0.15) is 5.75 Å². The van der Waals surface area contributed by atoms with Gasteiger partial charge in [0.15, 0.2) is 10.7 Å². The van der Waals surface area contributed by atoms with E-state index in [1.54, 1.807) is 31.4 Å². The minimum absolute atomic E-state index is 0.0378.